The quantitative estimate of drug-likeness (QED) is 0.755. The molecule has 2 rings (SSSR count). The molecule has 1 saturated carbocycles. The van der Waals surface area contributed by atoms with Crippen LogP contribution in [0.4, 0.5) is 13.2 Å². The van der Waals surface area contributed by atoms with E-state index in [0.29, 0.717) is 0 Å². The van der Waals surface area contributed by atoms with Crippen LogP contribution in [0.3, 0.4) is 0 Å². The van der Waals surface area contributed by atoms with Gasteiger partial charge >= 0.3 is 6.18 Å². The van der Waals surface area contributed by atoms with Crippen molar-refractivity contribution in [2.45, 2.75) is 57.2 Å². The number of piperidine rings is 1. The van der Waals surface area contributed by atoms with Crippen molar-refractivity contribution in [2.75, 3.05) is 13.1 Å². The number of hydrogen-bond donors (Lipinski definition) is 1. The molecule has 0 aromatic rings. The highest BCUT2D eigenvalue weighted by Gasteiger charge is 2.42. The molecule has 1 saturated heterocycles. The zero-order valence-electron chi connectivity index (χ0n) is 11.7. The van der Waals surface area contributed by atoms with Gasteiger partial charge in [-0.05, 0) is 25.7 Å². The Balaban J connectivity index is 1.91. The minimum absolute atomic E-state index is 0.0250. The normalized spacial score (nSPS) is 30.1. The predicted molar refractivity (Wildman–Crippen MR) is 69.9 cm³/mol. The van der Waals surface area contributed by atoms with Crippen LogP contribution in [0.1, 0.15) is 44.9 Å². The van der Waals surface area contributed by atoms with E-state index in [4.69, 9.17) is 5.73 Å². The van der Waals surface area contributed by atoms with Crippen molar-refractivity contribution in [3.8, 4) is 0 Å². The zero-order chi connectivity index (χ0) is 14.8. The first kappa shape index (κ1) is 15.6. The first-order valence-electron chi connectivity index (χ1n) is 7.50. The molecule has 1 aliphatic carbocycles. The molecule has 0 aromatic carbocycles. The SMILES string of the molecule is NC1CCCCCC1C(=O)N1CCC(C(F)(F)F)CC1. The van der Waals surface area contributed by atoms with Crippen LogP contribution < -0.4 is 5.73 Å². The topological polar surface area (TPSA) is 46.3 Å². The molecule has 116 valence electrons. The van der Waals surface area contributed by atoms with E-state index >= 15 is 0 Å². The summed E-state index contributed by atoms with van der Waals surface area (Å²) in [5.74, 6) is -1.48. The fourth-order valence-electron chi connectivity index (χ4n) is 3.30. The third kappa shape index (κ3) is 3.65. The number of halogens is 3. The van der Waals surface area contributed by atoms with Crippen LogP contribution in [-0.2, 0) is 4.79 Å². The average Bonchev–Trinajstić information content (AvgIpc) is 2.62. The Morgan fingerprint density at radius 2 is 1.60 bits per heavy atom. The van der Waals surface area contributed by atoms with Crippen molar-refractivity contribution in [3.63, 3.8) is 0 Å². The third-order valence-electron chi connectivity index (χ3n) is 4.66. The number of nitrogens with zero attached hydrogens (tertiary/aromatic N) is 1. The van der Waals surface area contributed by atoms with E-state index in [1.54, 1.807) is 4.90 Å². The molecule has 2 N–H and O–H groups in total. The second kappa shape index (κ2) is 6.33. The lowest BCUT2D eigenvalue weighted by Gasteiger charge is -2.35. The maximum atomic E-state index is 12.6. The molecule has 0 aromatic heterocycles. The summed E-state index contributed by atoms with van der Waals surface area (Å²) in [7, 11) is 0. The lowest BCUT2D eigenvalue weighted by atomic mass is 9.91. The van der Waals surface area contributed by atoms with Crippen molar-refractivity contribution in [1.82, 2.24) is 4.90 Å². The molecule has 0 bridgehead atoms. The lowest BCUT2D eigenvalue weighted by Crippen LogP contribution is -2.48. The smallest absolute Gasteiger partial charge is 0.342 e. The summed E-state index contributed by atoms with van der Waals surface area (Å²) in [6, 6.07) is -0.134. The van der Waals surface area contributed by atoms with E-state index in [2.05, 4.69) is 0 Å². The molecule has 2 unspecified atom stereocenters. The minimum atomic E-state index is -4.13. The van der Waals surface area contributed by atoms with Gasteiger partial charge in [0.25, 0.3) is 0 Å². The van der Waals surface area contributed by atoms with E-state index in [9.17, 15) is 18.0 Å². The molecule has 1 heterocycles. The summed E-state index contributed by atoms with van der Waals surface area (Å²) >= 11 is 0. The highest BCUT2D eigenvalue weighted by Crippen LogP contribution is 2.35. The van der Waals surface area contributed by atoms with Crippen molar-refractivity contribution in [3.05, 3.63) is 0 Å². The van der Waals surface area contributed by atoms with Gasteiger partial charge < -0.3 is 10.6 Å². The largest absolute Gasteiger partial charge is 0.391 e. The van der Waals surface area contributed by atoms with Gasteiger partial charge in [0.05, 0.1) is 11.8 Å². The Labute approximate surface area is 117 Å². The highest BCUT2D eigenvalue weighted by molar-refractivity contribution is 5.79. The van der Waals surface area contributed by atoms with E-state index in [-0.39, 0.29) is 43.8 Å². The third-order valence-corrected chi connectivity index (χ3v) is 4.66. The fourth-order valence-corrected chi connectivity index (χ4v) is 3.30. The molecule has 6 heteroatoms. The molecule has 1 amide bonds. The maximum absolute atomic E-state index is 12.6. The van der Waals surface area contributed by atoms with Crippen molar-refractivity contribution < 1.29 is 18.0 Å². The van der Waals surface area contributed by atoms with Crippen LogP contribution in [0.5, 0.6) is 0 Å². The van der Waals surface area contributed by atoms with Crippen LogP contribution in [0.2, 0.25) is 0 Å². The molecule has 0 radical (unpaired) electrons. The van der Waals surface area contributed by atoms with Gasteiger partial charge in [0.1, 0.15) is 0 Å². The van der Waals surface area contributed by atoms with Crippen molar-refractivity contribution in [2.24, 2.45) is 17.6 Å². The van der Waals surface area contributed by atoms with Crippen LogP contribution >= 0.6 is 0 Å². The molecule has 3 nitrogen and oxygen atoms in total. The first-order chi connectivity index (χ1) is 9.39. The minimum Gasteiger partial charge on any atom is -0.342 e. The highest BCUT2D eigenvalue weighted by atomic mass is 19.4. The monoisotopic (exact) mass is 292 g/mol. The van der Waals surface area contributed by atoms with Gasteiger partial charge in [-0.3, -0.25) is 4.79 Å². The number of likely N-dealkylation sites (tertiary alicyclic amines) is 1. The van der Waals surface area contributed by atoms with E-state index in [1.165, 1.54) is 0 Å². The Morgan fingerprint density at radius 3 is 2.20 bits per heavy atom. The van der Waals surface area contributed by atoms with Gasteiger partial charge in [-0.1, -0.05) is 19.3 Å². The fraction of sp³-hybridized carbons (Fsp3) is 0.929. The molecule has 2 atom stereocenters. The molecular weight excluding hydrogens is 269 g/mol. The standard InChI is InChI=1S/C14H23F3N2O/c15-14(16,17)10-6-8-19(9-7-10)13(20)11-4-2-1-3-5-12(11)18/h10-12H,1-9,18H2. The lowest BCUT2D eigenvalue weighted by molar-refractivity contribution is -0.187. The van der Waals surface area contributed by atoms with Gasteiger partial charge in [0.2, 0.25) is 5.91 Å². The predicted octanol–water partition coefficient (Wildman–Crippen LogP) is 2.69. The Morgan fingerprint density at radius 1 is 1.00 bits per heavy atom. The number of nitrogens with two attached hydrogens (primary N) is 1. The average molecular weight is 292 g/mol. The number of rotatable bonds is 1. The van der Waals surface area contributed by atoms with Crippen LogP contribution in [0.25, 0.3) is 0 Å². The van der Waals surface area contributed by atoms with Gasteiger partial charge in [-0.25, -0.2) is 0 Å². The Hall–Kier alpha value is -0.780. The number of carbonyl (C=O) groups excluding carboxylic acids is 1. The summed E-state index contributed by atoms with van der Waals surface area (Å²) < 4.78 is 37.8. The van der Waals surface area contributed by atoms with Gasteiger partial charge in [0.15, 0.2) is 0 Å². The number of hydrogen-bond acceptors (Lipinski definition) is 2. The molecule has 1 aliphatic heterocycles. The molecule has 2 aliphatic rings. The van der Waals surface area contributed by atoms with Crippen LogP contribution in [0, 0.1) is 11.8 Å². The molecule has 20 heavy (non-hydrogen) atoms. The second-order valence-electron chi connectivity index (χ2n) is 6.05. The Kier molecular flexibility index (Phi) is 4.94. The first-order valence-corrected chi connectivity index (χ1v) is 7.50. The van der Waals surface area contributed by atoms with Gasteiger partial charge in [-0.15, -0.1) is 0 Å². The van der Waals surface area contributed by atoms with Gasteiger partial charge in [0, 0.05) is 19.1 Å². The van der Waals surface area contributed by atoms with E-state index in [0.717, 1.165) is 32.1 Å². The zero-order valence-corrected chi connectivity index (χ0v) is 11.7. The molecule has 0 spiro atoms. The summed E-state index contributed by atoms with van der Waals surface area (Å²) in [4.78, 5) is 14.0. The van der Waals surface area contributed by atoms with E-state index < -0.39 is 12.1 Å². The van der Waals surface area contributed by atoms with Crippen LogP contribution in [0.15, 0.2) is 0 Å². The van der Waals surface area contributed by atoms with Gasteiger partial charge in [-0.2, -0.15) is 13.2 Å². The van der Waals surface area contributed by atoms with Crippen molar-refractivity contribution >= 4 is 5.91 Å². The maximum Gasteiger partial charge on any atom is 0.391 e. The molecular formula is C14H23F3N2O. The summed E-state index contributed by atoms with van der Waals surface area (Å²) in [6.07, 6.45) is 0.661. The number of alkyl halides is 3. The number of amides is 1. The number of carbonyl (C=O) groups is 1. The second-order valence-corrected chi connectivity index (χ2v) is 6.05. The summed E-state index contributed by atoms with van der Waals surface area (Å²) in [5, 5.41) is 0. The Bertz CT molecular complexity index is 338. The van der Waals surface area contributed by atoms with Crippen LogP contribution in [-0.4, -0.2) is 36.1 Å². The van der Waals surface area contributed by atoms with Crippen molar-refractivity contribution in [1.29, 1.82) is 0 Å². The summed E-state index contributed by atoms with van der Waals surface area (Å²) in [6.45, 7) is 0.429. The summed E-state index contributed by atoms with van der Waals surface area (Å²) in [5.41, 5.74) is 6.06. The molecule has 2 fully saturated rings. The van der Waals surface area contributed by atoms with E-state index in [1.807, 2.05) is 0 Å².